The molecule has 0 fully saturated rings. The molecule has 21 heavy (non-hydrogen) atoms. The second-order valence-corrected chi connectivity index (χ2v) is 4.16. The summed E-state index contributed by atoms with van der Waals surface area (Å²) in [5.41, 5.74) is -0.433. The molecule has 2 aromatic rings. The van der Waals surface area contributed by atoms with Gasteiger partial charge in [-0.25, -0.2) is 9.18 Å². The van der Waals surface area contributed by atoms with Gasteiger partial charge in [-0.3, -0.25) is 4.79 Å². The number of aromatic carboxylic acids is 1. The summed E-state index contributed by atoms with van der Waals surface area (Å²) in [6.07, 6.45) is 0. The number of hydrogen-bond donors (Lipinski definition) is 4. The first-order valence-corrected chi connectivity index (χ1v) is 5.74. The number of anilines is 1. The number of carbonyl (C=O) groups is 2. The number of carboxylic acids is 1. The number of aromatic hydroxyl groups is 2. The number of carboxylic acid groups (broad SMARTS) is 1. The number of benzene rings is 2. The van der Waals surface area contributed by atoms with Crippen LogP contribution < -0.4 is 5.32 Å². The van der Waals surface area contributed by atoms with Crippen molar-refractivity contribution in [2.45, 2.75) is 0 Å². The van der Waals surface area contributed by atoms with Gasteiger partial charge in [0, 0.05) is 5.56 Å². The topological polar surface area (TPSA) is 107 Å². The highest BCUT2D eigenvalue weighted by Crippen LogP contribution is 2.25. The summed E-state index contributed by atoms with van der Waals surface area (Å²) in [6, 6.07) is 6.44. The maximum atomic E-state index is 13.7. The van der Waals surface area contributed by atoms with Crippen LogP contribution in [0.5, 0.6) is 11.5 Å². The summed E-state index contributed by atoms with van der Waals surface area (Å²) < 4.78 is 13.7. The fourth-order valence-electron chi connectivity index (χ4n) is 1.61. The van der Waals surface area contributed by atoms with Crippen molar-refractivity contribution in [3.63, 3.8) is 0 Å². The number of amides is 1. The quantitative estimate of drug-likeness (QED) is 0.648. The lowest BCUT2D eigenvalue weighted by atomic mass is 10.1. The average Bonchev–Trinajstić information content (AvgIpc) is 2.43. The lowest BCUT2D eigenvalue weighted by molar-refractivity contribution is 0.0696. The monoisotopic (exact) mass is 291 g/mol. The number of hydrogen-bond acceptors (Lipinski definition) is 4. The van der Waals surface area contributed by atoms with Crippen LogP contribution in [0.2, 0.25) is 0 Å². The molecular formula is C14H10FNO5. The van der Waals surface area contributed by atoms with E-state index in [1.807, 2.05) is 0 Å². The molecule has 6 nitrogen and oxygen atoms in total. The van der Waals surface area contributed by atoms with E-state index in [1.165, 1.54) is 6.07 Å². The predicted octanol–water partition coefficient (Wildman–Crippen LogP) is 2.19. The molecule has 2 rings (SSSR count). The number of phenolic OH excluding ortho intramolecular Hbond substituents is 2. The molecular weight excluding hydrogens is 281 g/mol. The lowest BCUT2D eigenvalue weighted by Gasteiger charge is -2.08. The van der Waals surface area contributed by atoms with E-state index in [-0.39, 0.29) is 22.6 Å². The smallest absolute Gasteiger partial charge is 0.335 e. The number of rotatable bonds is 3. The molecule has 0 atom stereocenters. The molecule has 0 aliphatic carbocycles. The predicted molar refractivity (Wildman–Crippen MR) is 71.1 cm³/mol. The maximum absolute atomic E-state index is 13.7. The SMILES string of the molecule is O=C(O)c1ccc(NC(=O)c2ccc(O)c(O)c2)c(F)c1. The largest absolute Gasteiger partial charge is 0.504 e. The Morgan fingerprint density at radius 1 is 0.952 bits per heavy atom. The van der Waals surface area contributed by atoms with Gasteiger partial charge in [-0.15, -0.1) is 0 Å². The van der Waals surface area contributed by atoms with Crippen molar-refractivity contribution in [2.24, 2.45) is 0 Å². The van der Waals surface area contributed by atoms with Crippen molar-refractivity contribution >= 4 is 17.6 Å². The van der Waals surface area contributed by atoms with Crippen molar-refractivity contribution in [1.82, 2.24) is 0 Å². The molecule has 0 aromatic heterocycles. The molecule has 0 radical (unpaired) electrons. The highest BCUT2D eigenvalue weighted by atomic mass is 19.1. The Kier molecular flexibility index (Phi) is 3.75. The van der Waals surface area contributed by atoms with Crippen LogP contribution in [-0.4, -0.2) is 27.2 Å². The summed E-state index contributed by atoms with van der Waals surface area (Å²) in [7, 11) is 0. The van der Waals surface area contributed by atoms with Gasteiger partial charge in [0.15, 0.2) is 11.5 Å². The normalized spacial score (nSPS) is 10.1. The molecule has 0 aliphatic rings. The Hall–Kier alpha value is -3.09. The Labute approximate surface area is 118 Å². The van der Waals surface area contributed by atoms with Crippen LogP contribution in [0.15, 0.2) is 36.4 Å². The molecule has 0 spiro atoms. The minimum atomic E-state index is -1.28. The van der Waals surface area contributed by atoms with E-state index in [0.717, 1.165) is 30.3 Å². The van der Waals surface area contributed by atoms with Gasteiger partial charge in [0.25, 0.3) is 5.91 Å². The number of phenols is 2. The molecule has 0 heterocycles. The Morgan fingerprint density at radius 2 is 1.62 bits per heavy atom. The molecule has 0 saturated heterocycles. The number of halogens is 1. The van der Waals surface area contributed by atoms with Gasteiger partial charge in [0.2, 0.25) is 0 Å². The zero-order valence-corrected chi connectivity index (χ0v) is 10.5. The Morgan fingerprint density at radius 3 is 2.19 bits per heavy atom. The number of nitrogens with one attached hydrogen (secondary N) is 1. The van der Waals surface area contributed by atoms with Gasteiger partial charge in [-0.2, -0.15) is 0 Å². The minimum Gasteiger partial charge on any atom is -0.504 e. The van der Waals surface area contributed by atoms with Crippen LogP contribution in [0.25, 0.3) is 0 Å². The fourth-order valence-corrected chi connectivity index (χ4v) is 1.61. The molecule has 0 aliphatic heterocycles. The molecule has 1 amide bonds. The molecule has 0 saturated carbocycles. The molecule has 7 heteroatoms. The van der Waals surface area contributed by atoms with Gasteiger partial charge < -0.3 is 20.6 Å². The van der Waals surface area contributed by atoms with Gasteiger partial charge >= 0.3 is 5.97 Å². The Balaban J connectivity index is 2.23. The Bertz CT molecular complexity index is 729. The molecule has 0 bridgehead atoms. The van der Waals surface area contributed by atoms with Gasteiger partial charge in [0.1, 0.15) is 5.82 Å². The standard InChI is InChI=1S/C14H10FNO5/c15-9-5-8(14(20)21)1-3-10(9)16-13(19)7-2-4-11(17)12(18)6-7/h1-6,17-18H,(H,16,19)(H,20,21). The third-order valence-corrected chi connectivity index (χ3v) is 2.70. The molecule has 4 N–H and O–H groups in total. The summed E-state index contributed by atoms with van der Waals surface area (Å²) in [5, 5.41) is 29.4. The lowest BCUT2D eigenvalue weighted by Crippen LogP contribution is -2.13. The van der Waals surface area contributed by atoms with Crippen LogP contribution >= 0.6 is 0 Å². The third-order valence-electron chi connectivity index (χ3n) is 2.70. The highest BCUT2D eigenvalue weighted by Gasteiger charge is 2.13. The van der Waals surface area contributed by atoms with E-state index >= 15 is 0 Å². The van der Waals surface area contributed by atoms with Crippen molar-refractivity contribution < 1.29 is 29.3 Å². The zero-order valence-electron chi connectivity index (χ0n) is 10.5. The average molecular weight is 291 g/mol. The first kappa shape index (κ1) is 14.3. The summed E-state index contributed by atoms with van der Waals surface area (Å²) in [6.45, 7) is 0. The van der Waals surface area contributed by atoms with E-state index in [0.29, 0.717) is 0 Å². The van der Waals surface area contributed by atoms with Crippen LogP contribution in [0, 0.1) is 5.82 Å². The van der Waals surface area contributed by atoms with Crippen LogP contribution in [0.4, 0.5) is 10.1 Å². The van der Waals surface area contributed by atoms with Crippen molar-refractivity contribution in [3.8, 4) is 11.5 Å². The minimum absolute atomic E-state index is 0.00649. The zero-order chi connectivity index (χ0) is 15.6. The maximum Gasteiger partial charge on any atom is 0.335 e. The first-order valence-electron chi connectivity index (χ1n) is 5.74. The third kappa shape index (κ3) is 3.08. The van der Waals surface area contributed by atoms with Gasteiger partial charge in [-0.05, 0) is 36.4 Å². The van der Waals surface area contributed by atoms with Gasteiger partial charge in [-0.1, -0.05) is 0 Å². The summed E-state index contributed by atoms with van der Waals surface area (Å²) >= 11 is 0. The van der Waals surface area contributed by atoms with Crippen LogP contribution in [0.3, 0.4) is 0 Å². The molecule has 108 valence electrons. The number of carbonyl (C=O) groups excluding carboxylic acids is 1. The van der Waals surface area contributed by atoms with Gasteiger partial charge in [0.05, 0.1) is 11.3 Å². The van der Waals surface area contributed by atoms with E-state index in [4.69, 9.17) is 10.2 Å². The van der Waals surface area contributed by atoms with E-state index in [9.17, 15) is 19.1 Å². The van der Waals surface area contributed by atoms with Crippen LogP contribution in [0.1, 0.15) is 20.7 Å². The second-order valence-electron chi connectivity index (χ2n) is 4.16. The van der Waals surface area contributed by atoms with Crippen molar-refractivity contribution in [1.29, 1.82) is 0 Å². The van der Waals surface area contributed by atoms with Crippen molar-refractivity contribution in [3.05, 3.63) is 53.3 Å². The fraction of sp³-hybridized carbons (Fsp3) is 0. The first-order chi connectivity index (χ1) is 9.88. The van der Waals surface area contributed by atoms with Crippen molar-refractivity contribution in [2.75, 3.05) is 5.32 Å². The van der Waals surface area contributed by atoms with E-state index < -0.39 is 23.4 Å². The van der Waals surface area contributed by atoms with Crippen LogP contribution in [-0.2, 0) is 0 Å². The molecule has 2 aromatic carbocycles. The highest BCUT2D eigenvalue weighted by molar-refractivity contribution is 6.04. The van der Waals surface area contributed by atoms with E-state index in [2.05, 4.69) is 5.32 Å². The summed E-state index contributed by atoms with van der Waals surface area (Å²) in [4.78, 5) is 22.5. The molecule has 0 unspecified atom stereocenters. The second kappa shape index (κ2) is 5.49. The van der Waals surface area contributed by atoms with E-state index in [1.54, 1.807) is 0 Å². The summed E-state index contributed by atoms with van der Waals surface area (Å²) in [5.74, 6) is -3.76.